The van der Waals surface area contributed by atoms with Crippen LogP contribution >= 0.6 is 0 Å². The van der Waals surface area contributed by atoms with E-state index in [1.54, 1.807) is 0 Å². The van der Waals surface area contributed by atoms with E-state index in [4.69, 9.17) is 4.43 Å². The van der Waals surface area contributed by atoms with Crippen molar-refractivity contribution in [3.8, 4) is 0 Å². The van der Waals surface area contributed by atoms with E-state index in [1.807, 2.05) is 12.3 Å². The summed E-state index contributed by atoms with van der Waals surface area (Å²) in [7, 11) is -1.58. The Hall–Kier alpha value is -1.17. The van der Waals surface area contributed by atoms with Gasteiger partial charge in [0.2, 0.25) is 0 Å². The summed E-state index contributed by atoms with van der Waals surface area (Å²) in [5.41, 5.74) is -0.0740. The largest absolute Gasteiger partial charge is 0.399 e. The second-order valence-electron chi connectivity index (χ2n) is 7.54. The third-order valence-electron chi connectivity index (χ3n) is 4.63. The van der Waals surface area contributed by atoms with Crippen LogP contribution in [0.3, 0.4) is 0 Å². The number of hydrogen-bond acceptors (Lipinski definition) is 4. The summed E-state index contributed by atoms with van der Waals surface area (Å²) in [5.74, 6) is 1.09. The molecule has 2 aliphatic rings. The summed E-state index contributed by atoms with van der Waals surface area (Å²) in [6.07, 6.45) is 9.78. The van der Waals surface area contributed by atoms with E-state index in [0.717, 1.165) is 51.3 Å². The van der Waals surface area contributed by atoms with Crippen LogP contribution < -0.4 is 4.90 Å². The van der Waals surface area contributed by atoms with E-state index in [9.17, 15) is 0 Å². The van der Waals surface area contributed by atoms with Crippen LogP contribution in [-0.4, -0.2) is 50.1 Å². The van der Waals surface area contributed by atoms with Gasteiger partial charge in [-0.3, -0.25) is 4.90 Å². The first-order chi connectivity index (χ1) is 11.0. The summed E-state index contributed by atoms with van der Waals surface area (Å²) in [5, 5.41) is 0. The maximum absolute atomic E-state index is 6.73. The van der Waals surface area contributed by atoms with Crippen molar-refractivity contribution in [1.82, 2.24) is 9.88 Å². The van der Waals surface area contributed by atoms with Crippen molar-refractivity contribution in [3.05, 3.63) is 36.5 Å². The fourth-order valence-electron chi connectivity index (χ4n) is 3.69. The molecule has 4 nitrogen and oxygen atoms in total. The second-order valence-corrected chi connectivity index (χ2v) is 12.0. The molecular formula is C18H29N3OSi. The topological polar surface area (TPSA) is 28.6 Å². The Balaban J connectivity index is 1.69. The zero-order chi connectivity index (χ0) is 16.3. The Morgan fingerprint density at radius 2 is 1.87 bits per heavy atom. The van der Waals surface area contributed by atoms with Crippen LogP contribution in [0.25, 0.3) is 0 Å². The highest BCUT2D eigenvalue weighted by atomic mass is 28.4. The first-order valence-corrected chi connectivity index (χ1v) is 12.2. The highest BCUT2D eigenvalue weighted by Crippen LogP contribution is 2.35. The minimum atomic E-state index is -1.58. The molecular weight excluding hydrogens is 302 g/mol. The molecule has 0 aromatic carbocycles. The van der Waals surface area contributed by atoms with Gasteiger partial charge in [-0.15, -0.1) is 0 Å². The molecule has 3 rings (SSSR count). The average molecular weight is 332 g/mol. The van der Waals surface area contributed by atoms with Crippen LogP contribution in [0.2, 0.25) is 19.6 Å². The van der Waals surface area contributed by atoms with Crippen molar-refractivity contribution in [1.29, 1.82) is 0 Å². The lowest BCUT2D eigenvalue weighted by Crippen LogP contribution is -2.61. The van der Waals surface area contributed by atoms with Gasteiger partial charge in [-0.25, -0.2) is 4.98 Å². The molecule has 1 aliphatic heterocycles. The monoisotopic (exact) mass is 331 g/mol. The molecule has 0 amide bonds. The molecule has 126 valence electrons. The second kappa shape index (κ2) is 6.75. The highest BCUT2D eigenvalue weighted by Gasteiger charge is 2.42. The van der Waals surface area contributed by atoms with Gasteiger partial charge in [0.1, 0.15) is 11.5 Å². The lowest BCUT2D eigenvalue weighted by Gasteiger charge is -2.51. The van der Waals surface area contributed by atoms with Crippen LogP contribution in [0.5, 0.6) is 0 Å². The van der Waals surface area contributed by atoms with Crippen LogP contribution in [0.1, 0.15) is 19.3 Å². The van der Waals surface area contributed by atoms with Crippen molar-refractivity contribution in [3.63, 3.8) is 0 Å². The summed E-state index contributed by atoms with van der Waals surface area (Å²) in [6.45, 7) is 11.1. The maximum Gasteiger partial charge on any atom is 0.186 e. The van der Waals surface area contributed by atoms with Gasteiger partial charge in [-0.1, -0.05) is 18.2 Å². The number of nitrogens with zero attached hydrogens (tertiary/aromatic N) is 3. The normalized spacial score (nSPS) is 26.5. The standard InChI is InChI=1S/C18H29N3OSi/c1-23(2,3)22-18(10-6-4-7-11-18)21-15-13-20(14-16-21)17-9-5-8-12-19-17/h4-6,8-9,12H,7,10-11,13-16H2,1-3H3. The third kappa shape index (κ3) is 4.02. The van der Waals surface area contributed by atoms with Crippen molar-refractivity contribution >= 4 is 14.1 Å². The number of pyridine rings is 1. The SMILES string of the molecule is C[Si](C)(C)OC1(N2CCN(c3ccccn3)CC2)CC=CCC1. The van der Waals surface area contributed by atoms with Gasteiger partial charge in [0.25, 0.3) is 0 Å². The first-order valence-electron chi connectivity index (χ1n) is 8.75. The minimum absolute atomic E-state index is 0.0740. The van der Waals surface area contributed by atoms with Crippen molar-refractivity contribution in [2.45, 2.75) is 44.6 Å². The van der Waals surface area contributed by atoms with Gasteiger partial charge in [0, 0.05) is 38.8 Å². The Labute approximate surface area is 141 Å². The quantitative estimate of drug-likeness (QED) is 0.624. The molecule has 1 unspecified atom stereocenters. The van der Waals surface area contributed by atoms with E-state index in [-0.39, 0.29) is 5.72 Å². The van der Waals surface area contributed by atoms with Gasteiger partial charge in [-0.2, -0.15) is 0 Å². The Kier molecular flexibility index (Phi) is 4.89. The number of hydrogen-bond donors (Lipinski definition) is 0. The van der Waals surface area contributed by atoms with Crippen molar-refractivity contribution in [2.24, 2.45) is 0 Å². The molecule has 0 radical (unpaired) electrons. The fourth-order valence-corrected chi connectivity index (χ4v) is 5.15. The Morgan fingerprint density at radius 3 is 2.43 bits per heavy atom. The highest BCUT2D eigenvalue weighted by molar-refractivity contribution is 6.69. The predicted molar refractivity (Wildman–Crippen MR) is 98.2 cm³/mol. The van der Waals surface area contributed by atoms with Gasteiger partial charge in [0.15, 0.2) is 8.32 Å². The van der Waals surface area contributed by atoms with E-state index in [0.29, 0.717) is 0 Å². The summed E-state index contributed by atoms with van der Waals surface area (Å²) >= 11 is 0. The molecule has 0 N–H and O–H groups in total. The molecule has 1 aromatic heterocycles. The van der Waals surface area contributed by atoms with E-state index >= 15 is 0 Å². The van der Waals surface area contributed by atoms with Crippen LogP contribution in [0.4, 0.5) is 5.82 Å². The van der Waals surface area contributed by atoms with E-state index in [1.165, 1.54) is 0 Å². The van der Waals surface area contributed by atoms with Gasteiger partial charge >= 0.3 is 0 Å². The van der Waals surface area contributed by atoms with Gasteiger partial charge in [0.05, 0.1) is 0 Å². The molecule has 23 heavy (non-hydrogen) atoms. The van der Waals surface area contributed by atoms with Crippen molar-refractivity contribution < 1.29 is 4.43 Å². The fraction of sp³-hybridized carbons (Fsp3) is 0.611. The van der Waals surface area contributed by atoms with Crippen LogP contribution in [0, 0.1) is 0 Å². The smallest absolute Gasteiger partial charge is 0.186 e. The van der Waals surface area contributed by atoms with E-state index < -0.39 is 8.32 Å². The predicted octanol–water partition coefficient (Wildman–Crippen LogP) is 3.49. The molecule has 0 spiro atoms. The Morgan fingerprint density at radius 1 is 1.09 bits per heavy atom. The Bertz CT molecular complexity index is 535. The molecule has 2 heterocycles. The molecule has 1 atom stereocenters. The molecule has 1 aromatic rings. The molecule has 0 bridgehead atoms. The van der Waals surface area contributed by atoms with E-state index in [2.05, 4.69) is 58.7 Å². The zero-order valence-electron chi connectivity index (χ0n) is 14.7. The third-order valence-corrected chi connectivity index (χ3v) is 5.62. The molecule has 1 aliphatic carbocycles. The van der Waals surface area contributed by atoms with Crippen LogP contribution in [-0.2, 0) is 4.43 Å². The number of rotatable bonds is 4. The molecule has 5 heteroatoms. The lowest BCUT2D eigenvalue weighted by atomic mass is 9.95. The first kappa shape index (κ1) is 16.7. The van der Waals surface area contributed by atoms with Crippen LogP contribution in [0.15, 0.2) is 36.5 Å². The number of piperazine rings is 1. The number of anilines is 1. The molecule has 1 saturated heterocycles. The summed E-state index contributed by atoms with van der Waals surface area (Å²) in [4.78, 5) is 9.47. The van der Waals surface area contributed by atoms with Gasteiger partial charge < -0.3 is 9.33 Å². The lowest BCUT2D eigenvalue weighted by molar-refractivity contribution is -0.101. The van der Waals surface area contributed by atoms with Gasteiger partial charge in [-0.05, 0) is 44.6 Å². The minimum Gasteiger partial charge on any atom is -0.399 e. The summed E-state index contributed by atoms with van der Waals surface area (Å²) in [6, 6.07) is 6.15. The van der Waals surface area contributed by atoms with Crippen molar-refractivity contribution in [2.75, 3.05) is 31.1 Å². The molecule has 1 fully saturated rings. The molecule has 0 saturated carbocycles. The maximum atomic E-state index is 6.73. The average Bonchev–Trinajstić information content (AvgIpc) is 2.55. The summed E-state index contributed by atoms with van der Waals surface area (Å²) < 4.78 is 6.73. The zero-order valence-corrected chi connectivity index (χ0v) is 15.7. The number of aromatic nitrogens is 1. The number of allylic oxidation sites excluding steroid dienone is 1.